The van der Waals surface area contributed by atoms with Gasteiger partial charge in [0.05, 0.1) is 11.8 Å². The second kappa shape index (κ2) is 7.39. The van der Waals surface area contributed by atoms with Gasteiger partial charge in [0.1, 0.15) is 11.6 Å². The second-order valence-corrected chi connectivity index (χ2v) is 9.71. The highest BCUT2D eigenvalue weighted by atomic mass is 32.2. The topological polar surface area (TPSA) is 66.5 Å². The fourth-order valence-electron chi connectivity index (χ4n) is 4.22. The summed E-state index contributed by atoms with van der Waals surface area (Å²) in [6.45, 7) is 0.335. The van der Waals surface area contributed by atoms with E-state index in [1.54, 1.807) is 18.2 Å². The smallest absolute Gasteiger partial charge is 0.260 e. The van der Waals surface area contributed by atoms with Crippen molar-refractivity contribution >= 4 is 15.9 Å². The average molecular weight is 438 g/mol. The van der Waals surface area contributed by atoms with Crippen molar-refractivity contribution < 1.29 is 26.4 Å². The number of hydrogen-bond acceptors (Lipinski definition) is 3. The van der Waals surface area contributed by atoms with Gasteiger partial charge in [0.2, 0.25) is 10.0 Å². The molecule has 1 heterocycles. The third kappa shape index (κ3) is 3.83. The fraction of sp³-hybridized carbons (Fsp3) is 0.381. The van der Waals surface area contributed by atoms with Crippen molar-refractivity contribution in [1.29, 1.82) is 0 Å². The van der Waals surface area contributed by atoms with Crippen LogP contribution in [-0.4, -0.2) is 50.3 Å². The van der Waals surface area contributed by atoms with E-state index in [9.17, 15) is 22.0 Å². The molecule has 1 aliphatic heterocycles. The molecular formula is C21H21F3N2O3S. The van der Waals surface area contributed by atoms with E-state index in [1.807, 2.05) is 0 Å². The van der Waals surface area contributed by atoms with Gasteiger partial charge >= 0.3 is 0 Å². The molecule has 30 heavy (non-hydrogen) atoms. The molecule has 1 N–H and O–H groups in total. The Hall–Kier alpha value is -2.39. The van der Waals surface area contributed by atoms with Gasteiger partial charge in [0.15, 0.2) is 5.67 Å². The third-order valence-electron chi connectivity index (χ3n) is 5.67. The first-order valence-corrected chi connectivity index (χ1v) is 11.5. The zero-order valence-electron chi connectivity index (χ0n) is 16.2. The maximum Gasteiger partial charge on any atom is 0.260 e. The van der Waals surface area contributed by atoms with E-state index in [-0.39, 0.29) is 30.6 Å². The first-order valence-electron chi connectivity index (χ1n) is 9.59. The lowest BCUT2D eigenvalue weighted by Crippen LogP contribution is -2.41. The standard InChI is InChI=1S/C21H21F3N2O3S/c1-30(28,29)25-13-9-10-26(12-13)20(27)21(24)11-16(21)14-5-2-3-6-15(14)19-17(22)7-4-8-18(19)23/h2-8,13,16,25H,9-12H2,1H3/t13-,16?,21?/m0/s1. The molecule has 0 aromatic heterocycles. The summed E-state index contributed by atoms with van der Waals surface area (Å²) in [4.78, 5) is 14.1. The lowest BCUT2D eigenvalue weighted by atomic mass is 9.94. The fourth-order valence-corrected chi connectivity index (χ4v) is 5.02. The van der Waals surface area contributed by atoms with Gasteiger partial charge in [0, 0.05) is 31.5 Å². The van der Waals surface area contributed by atoms with Gasteiger partial charge in [-0.15, -0.1) is 0 Å². The summed E-state index contributed by atoms with van der Waals surface area (Å²) in [5.41, 5.74) is -1.81. The number of amides is 1. The number of rotatable bonds is 5. The third-order valence-corrected chi connectivity index (χ3v) is 6.43. The van der Waals surface area contributed by atoms with E-state index >= 15 is 4.39 Å². The molecule has 1 saturated carbocycles. The van der Waals surface area contributed by atoms with Gasteiger partial charge in [-0.3, -0.25) is 4.79 Å². The van der Waals surface area contributed by atoms with Crippen LogP contribution in [0.5, 0.6) is 0 Å². The highest BCUT2D eigenvalue weighted by Crippen LogP contribution is 2.57. The number of alkyl halides is 1. The molecule has 3 atom stereocenters. The molecule has 2 aromatic carbocycles. The molecule has 0 bridgehead atoms. The predicted molar refractivity (Wildman–Crippen MR) is 106 cm³/mol. The van der Waals surface area contributed by atoms with Gasteiger partial charge in [-0.25, -0.2) is 26.3 Å². The summed E-state index contributed by atoms with van der Waals surface area (Å²) < 4.78 is 69.4. The Labute approximate surface area is 172 Å². The molecule has 2 aromatic rings. The van der Waals surface area contributed by atoms with E-state index in [1.165, 1.54) is 17.0 Å². The van der Waals surface area contributed by atoms with Crippen LogP contribution in [0.2, 0.25) is 0 Å². The second-order valence-electron chi connectivity index (χ2n) is 7.93. The molecule has 2 unspecified atom stereocenters. The monoisotopic (exact) mass is 438 g/mol. The number of carbonyl (C=O) groups is 1. The van der Waals surface area contributed by atoms with E-state index in [4.69, 9.17) is 0 Å². The van der Waals surface area contributed by atoms with Crippen LogP contribution in [0, 0.1) is 11.6 Å². The molecule has 1 aliphatic carbocycles. The SMILES string of the molecule is CS(=O)(=O)N[C@H]1CCN(C(=O)C2(F)CC2c2ccccc2-c2c(F)cccc2F)C1. The molecule has 9 heteroatoms. The Morgan fingerprint density at radius 3 is 2.47 bits per heavy atom. The first-order chi connectivity index (χ1) is 14.1. The van der Waals surface area contributed by atoms with Gasteiger partial charge in [0.25, 0.3) is 5.91 Å². The minimum atomic E-state index is -3.43. The Morgan fingerprint density at radius 2 is 1.80 bits per heavy atom. The van der Waals surface area contributed by atoms with E-state index in [2.05, 4.69) is 4.72 Å². The van der Waals surface area contributed by atoms with Crippen LogP contribution in [0.4, 0.5) is 13.2 Å². The Balaban J connectivity index is 1.57. The van der Waals surface area contributed by atoms with Crippen molar-refractivity contribution in [3.05, 3.63) is 59.7 Å². The lowest BCUT2D eigenvalue weighted by Gasteiger charge is -2.20. The normalized spacial score (nSPS) is 26.1. The molecule has 0 spiro atoms. The summed E-state index contributed by atoms with van der Waals surface area (Å²) in [6, 6.07) is 9.42. The summed E-state index contributed by atoms with van der Waals surface area (Å²) in [5.74, 6) is -3.04. The summed E-state index contributed by atoms with van der Waals surface area (Å²) in [5, 5.41) is 0. The van der Waals surface area contributed by atoms with Crippen molar-refractivity contribution in [2.45, 2.75) is 30.5 Å². The first kappa shape index (κ1) is 20.9. The van der Waals surface area contributed by atoms with Crippen LogP contribution in [0.25, 0.3) is 11.1 Å². The molecule has 4 rings (SSSR count). The number of carbonyl (C=O) groups excluding carboxylic acids is 1. The van der Waals surface area contributed by atoms with Crippen molar-refractivity contribution in [3.8, 4) is 11.1 Å². The van der Waals surface area contributed by atoms with E-state index in [0.717, 1.165) is 18.4 Å². The molecule has 5 nitrogen and oxygen atoms in total. The Morgan fingerprint density at radius 1 is 1.13 bits per heavy atom. The number of nitrogens with one attached hydrogen (secondary N) is 1. The van der Waals surface area contributed by atoms with Crippen LogP contribution < -0.4 is 4.72 Å². The van der Waals surface area contributed by atoms with Crippen molar-refractivity contribution in [1.82, 2.24) is 9.62 Å². The van der Waals surface area contributed by atoms with Crippen LogP contribution in [-0.2, 0) is 14.8 Å². The molecular weight excluding hydrogens is 417 g/mol. The number of sulfonamides is 1. The molecule has 160 valence electrons. The molecule has 1 saturated heterocycles. The molecule has 2 fully saturated rings. The molecule has 0 radical (unpaired) electrons. The highest BCUT2D eigenvalue weighted by Gasteiger charge is 2.64. The van der Waals surface area contributed by atoms with Crippen molar-refractivity contribution in [3.63, 3.8) is 0 Å². The molecule has 2 aliphatic rings. The Bertz CT molecular complexity index is 1090. The van der Waals surface area contributed by atoms with Crippen LogP contribution >= 0.6 is 0 Å². The van der Waals surface area contributed by atoms with Crippen molar-refractivity contribution in [2.24, 2.45) is 0 Å². The zero-order chi connectivity index (χ0) is 21.7. The van der Waals surface area contributed by atoms with Crippen LogP contribution in [0.1, 0.15) is 24.3 Å². The maximum atomic E-state index is 15.5. The van der Waals surface area contributed by atoms with Crippen LogP contribution in [0.3, 0.4) is 0 Å². The summed E-state index contributed by atoms with van der Waals surface area (Å²) in [7, 11) is -3.43. The predicted octanol–water partition coefficient (Wildman–Crippen LogP) is 2.98. The van der Waals surface area contributed by atoms with Gasteiger partial charge < -0.3 is 4.90 Å². The van der Waals surface area contributed by atoms with Gasteiger partial charge in [-0.2, -0.15) is 0 Å². The quantitative estimate of drug-likeness (QED) is 0.781. The summed E-state index contributed by atoms with van der Waals surface area (Å²) >= 11 is 0. The highest BCUT2D eigenvalue weighted by molar-refractivity contribution is 7.88. The van der Waals surface area contributed by atoms with E-state index in [0.29, 0.717) is 12.0 Å². The largest absolute Gasteiger partial charge is 0.338 e. The van der Waals surface area contributed by atoms with Crippen LogP contribution in [0.15, 0.2) is 42.5 Å². The average Bonchev–Trinajstić information content (AvgIpc) is 3.15. The number of hydrogen-bond donors (Lipinski definition) is 1. The number of benzene rings is 2. The van der Waals surface area contributed by atoms with Gasteiger partial charge in [-0.05, 0) is 29.7 Å². The lowest BCUT2D eigenvalue weighted by molar-refractivity contribution is -0.137. The maximum absolute atomic E-state index is 15.5. The number of halogens is 3. The zero-order valence-corrected chi connectivity index (χ0v) is 17.1. The Kier molecular flexibility index (Phi) is 5.14. The van der Waals surface area contributed by atoms with Gasteiger partial charge in [-0.1, -0.05) is 30.3 Å². The van der Waals surface area contributed by atoms with Crippen molar-refractivity contribution in [2.75, 3.05) is 19.3 Å². The summed E-state index contributed by atoms with van der Waals surface area (Å²) in [6.07, 6.45) is 1.35. The minimum Gasteiger partial charge on any atom is -0.338 e. The number of likely N-dealkylation sites (tertiary alicyclic amines) is 1. The molecule has 1 amide bonds. The number of nitrogens with zero attached hydrogens (tertiary/aromatic N) is 1. The minimum absolute atomic E-state index is 0.0837. The van der Waals surface area contributed by atoms with E-state index < -0.39 is 45.2 Å².